The van der Waals surface area contributed by atoms with E-state index in [1.54, 1.807) is 0 Å². The van der Waals surface area contributed by atoms with Crippen LogP contribution in [0.3, 0.4) is 0 Å². The van der Waals surface area contributed by atoms with E-state index in [1.165, 1.54) is 32.1 Å². The molecule has 0 aromatic carbocycles. The summed E-state index contributed by atoms with van der Waals surface area (Å²) in [5, 5.41) is 3.28. The van der Waals surface area contributed by atoms with Crippen LogP contribution >= 0.6 is 0 Å². The second-order valence-electron chi connectivity index (χ2n) is 4.67. The van der Waals surface area contributed by atoms with Crippen molar-refractivity contribution in [3.8, 4) is 0 Å². The molecule has 17 heavy (non-hydrogen) atoms. The Hall–Kier alpha value is -1.25. The van der Waals surface area contributed by atoms with Crippen LogP contribution in [0.25, 0.3) is 0 Å². The lowest BCUT2D eigenvalue weighted by Crippen LogP contribution is -2.27. The van der Waals surface area contributed by atoms with Crippen molar-refractivity contribution in [3.63, 3.8) is 0 Å². The number of nitrogens with one attached hydrogen (secondary N) is 1. The lowest BCUT2D eigenvalue weighted by Gasteiger charge is -2.26. The highest BCUT2D eigenvalue weighted by Gasteiger charge is 2.10. The molecule has 2 heterocycles. The molecule has 1 aromatic heterocycles. The van der Waals surface area contributed by atoms with E-state index in [0.29, 0.717) is 0 Å². The van der Waals surface area contributed by atoms with Gasteiger partial charge in [0.05, 0.1) is 0 Å². The predicted octanol–water partition coefficient (Wildman–Crippen LogP) is 3.28. The largest absolute Gasteiger partial charge is 0.370 e. The van der Waals surface area contributed by atoms with E-state index in [4.69, 9.17) is 0 Å². The first-order valence-corrected chi connectivity index (χ1v) is 6.86. The predicted molar refractivity (Wildman–Crippen MR) is 73.7 cm³/mol. The third-order valence-electron chi connectivity index (χ3n) is 3.27. The van der Waals surface area contributed by atoms with E-state index >= 15 is 0 Å². The van der Waals surface area contributed by atoms with Crippen LogP contribution in [0.2, 0.25) is 0 Å². The molecule has 1 saturated heterocycles. The van der Waals surface area contributed by atoms with Gasteiger partial charge in [0.25, 0.3) is 0 Å². The van der Waals surface area contributed by atoms with Crippen LogP contribution in [0.15, 0.2) is 18.2 Å². The van der Waals surface area contributed by atoms with E-state index in [-0.39, 0.29) is 0 Å². The van der Waals surface area contributed by atoms with Gasteiger partial charge in [0.2, 0.25) is 0 Å². The Morgan fingerprint density at radius 3 is 2.53 bits per heavy atom. The summed E-state index contributed by atoms with van der Waals surface area (Å²) in [6.45, 7) is 5.34. The first-order valence-electron chi connectivity index (χ1n) is 6.86. The third-order valence-corrected chi connectivity index (χ3v) is 3.27. The molecule has 0 bridgehead atoms. The molecule has 1 aliphatic rings. The van der Waals surface area contributed by atoms with Crippen molar-refractivity contribution in [2.75, 3.05) is 29.9 Å². The van der Waals surface area contributed by atoms with E-state index in [0.717, 1.165) is 31.3 Å². The van der Waals surface area contributed by atoms with Gasteiger partial charge in [0.15, 0.2) is 0 Å². The molecule has 3 heteroatoms. The number of rotatable bonds is 3. The minimum atomic E-state index is 0.927. The first-order chi connectivity index (χ1) is 8.40. The fourth-order valence-electron chi connectivity index (χ4n) is 2.36. The molecular weight excluding hydrogens is 210 g/mol. The lowest BCUT2D eigenvalue weighted by atomic mass is 10.1. The maximum absolute atomic E-state index is 4.67. The summed E-state index contributed by atoms with van der Waals surface area (Å²) in [4.78, 5) is 7.10. The summed E-state index contributed by atoms with van der Waals surface area (Å²) in [6, 6.07) is 6.26. The molecule has 2 rings (SSSR count). The molecule has 0 unspecified atom stereocenters. The minimum Gasteiger partial charge on any atom is -0.370 e. The third kappa shape index (κ3) is 3.62. The zero-order chi connectivity index (χ0) is 11.9. The normalized spacial score (nSPS) is 17.4. The Balaban J connectivity index is 2.05. The number of hydrogen-bond acceptors (Lipinski definition) is 3. The first kappa shape index (κ1) is 12.2. The monoisotopic (exact) mass is 233 g/mol. The lowest BCUT2D eigenvalue weighted by molar-refractivity contribution is 0.554. The standard InChI is InChI=1S/C14H23N3/c1-2-15-13-9-8-10-14(16-13)17-11-6-4-3-5-7-12-17/h8-10H,2-7,11-12H2,1H3,(H,15,16). The zero-order valence-corrected chi connectivity index (χ0v) is 10.8. The summed E-state index contributed by atoms with van der Waals surface area (Å²) in [5.41, 5.74) is 0. The number of hydrogen-bond donors (Lipinski definition) is 1. The maximum atomic E-state index is 4.67. The zero-order valence-electron chi connectivity index (χ0n) is 10.8. The fraction of sp³-hybridized carbons (Fsp3) is 0.643. The number of aromatic nitrogens is 1. The maximum Gasteiger partial charge on any atom is 0.130 e. The Morgan fingerprint density at radius 2 is 1.82 bits per heavy atom. The van der Waals surface area contributed by atoms with E-state index in [1.807, 2.05) is 6.07 Å². The number of nitrogens with zero attached hydrogens (tertiary/aromatic N) is 2. The highest BCUT2D eigenvalue weighted by atomic mass is 15.2. The molecule has 94 valence electrons. The molecule has 1 fully saturated rings. The Bertz CT molecular complexity index is 330. The molecule has 0 radical (unpaired) electrons. The van der Waals surface area contributed by atoms with Crippen molar-refractivity contribution < 1.29 is 0 Å². The van der Waals surface area contributed by atoms with Gasteiger partial charge in [0, 0.05) is 19.6 Å². The van der Waals surface area contributed by atoms with Gasteiger partial charge in [-0.1, -0.05) is 25.3 Å². The topological polar surface area (TPSA) is 28.2 Å². The van der Waals surface area contributed by atoms with Gasteiger partial charge in [-0.2, -0.15) is 0 Å². The summed E-state index contributed by atoms with van der Waals surface area (Å²) >= 11 is 0. The van der Waals surface area contributed by atoms with Gasteiger partial charge in [-0.05, 0) is 31.9 Å². The summed E-state index contributed by atoms with van der Waals surface area (Å²) < 4.78 is 0. The summed E-state index contributed by atoms with van der Waals surface area (Å²) in [5.74, 6) is 2.12. The van der Waals surface area contributed by atoms with Crippen LogP contribution in [0, 0.1) is 0 Å². The smallest absolute Gasteiger partial charge is 0.130 e. The molecule has 3 nitrogen and oxygen atoms in total. The van der Waals surface area contributed by atoms with Gasteiger partial charge in [0.1, 0.15) is 11.6 Å². The van der Waals surface area contributed by atoms with Crippen molar-refractivity contribution in [2.45, 2.75) is 39.0 Å². The summed E-state index contributed by atoms with van der Waals surface area (Å²) in [6.07, 6.45) is 6.73. The van der Waals surface area contributed by atoms with Gasteiger partial charge in [-0.3, -0.25) is 0 Å². The van der Waals surface area contributed by atoms with Gasteiger partial charge in [-0.25, -0.2) is 4.98 Å². The van der Waals surface area contributed by atoms with Crippen molar-refractivity contribution in [1.82, 2.24) is 4.98 Å². The molecule has 0 atom stereocenters. The number of pyridine rings is 1. The van der Waals surface area contributed by atoms with Crippen molar-refractivity contribution in [1.29, 1.82) is 0 Å². The quantitative estimate of drug-likeness (QED) is 0.868. The molecule has 0 aliphatic carbocycles. The van der Waals surface area contributed by atoms with Gasteiger partial charge in [-0.15, -0.1) is 0 Å². The molecule has 0 spiro atoms. The van der Waals surface area contributed by atoms with Crippen LogP contribution in [0.4, 0.5) is 11.6 Å². The van der Waals surface area contributed by atoms with Crippen LogP contribution in [0.5, 0.6) is 0 Å². The molecule has 0 amide bonds. The van der Waals surface area contributed by atoms with Crippen LogP contribution in [0.1, 0.15) is 39.0 Å². The van der Waals surface area contributed by atoms with Crippen molar-refractivity contribution in [3.05, 3.63) is 18.2 Å². The molecule has 1 aliphatic heterocycles. The highest BCUT2D eigenvalue weighted by Crippen LogP contribution is 2.18. The van der Waals surface area contributed by atoms with Gasteiger partial charge < -0.3 is 10.2 Å². The molecule has 1 N–H and O–H groups in total. The van der Waals surface area contributed by atoms with Crippen molar-refractivity contribution >= 4 is 11.6 Å². The molecular formula is C14H23N3. The average Bonchev–Trinajstić information content (AvgIpc) is 2.29. The summed E-state index contributed by atoms with van der Waals surface area (Å²) in [7, 11) is 0. The fourth-order valence-corrected chi connectivity index (χ4v) is 2.36. The van der Waals surface area contributed by atoms with Gasteiger partial charge >= 0.3 is 0 Å². The SMILES string of the molecule is CCNc1cccc(N2CCCCCCC2)n1. The second-order valence-corrected chi connectivity index (χ2v) is 4.67. The Morgan fingerprint density at radius 1 is 1.12 bits per heavy atom. The van der Waals surface area contributed by atoms with E-state index < -0.39 is 0 Å². The average molecular weight is 233 g/mol. The molecule has 1 aromatic rings. The highest BCUT2D eigenvalue weighted by molar-refractivity contribution is 5.47. The van der Waals surface area contributed by atoms with Crippen molar-refractivity contribution in [2.24, 2.45) is 0 Å². The second kappa shape index (κ2) is 6.48. The molecule has 0 saturated carbocycles. The Labute approximate surface area is 104 Å². The van der Waals surface area contributed by atoms with Crippen LogP contribution < -0.4 is 10.2 Å². The Kier molecular flexibility index (Phi) is 4.65. The number of anilines is 2. The minimum absolute atomic E-state index is 0.927. The van der Waals surface area contributed by atoms with E-state index in [2.05, 4.69) is 34.3 Å². The van der Waals surface area contributed by atoms with Crippen LogP contribution in [-0.4, -0.2) is 24.6 Å². The van der Waals surface area contributed by atoms with E-state index in [9.17, 15) is 0 Å². The van der Waals surface area contributed by atoms with Crippen LogP contribution in [-0.2, 0) is 0 Å².